The first-order valence-corrected chi connectivity index (χ1v) is 6.02. The largest absolute Gasteiger partial charge is 0.478 e. The summed E-state index contributed by atoms with van der Waals surface area (Å²) in [5.41, 5.74) is 0.207. The summed E-state index contributed by atoms with van der Waals surface area (Å²) in [5.74, 6) is 0.0403. The number of aromatic carboxylic acids is 1. The van der Waals surface area contributed by atoms with E-state index in [0.717, 1.165) is 26.1 Å². The topological polar surface area (TPSA) is 69.6 Å². The third kappa shape index (κ3) is 2.76. The standard InChI is InChI=1S/C12H18N4O2/c1-15-6-4-9(7-15)8-16(2)11-10(12(17)18)3-5-13-14-11/h3,5,9H,4,6-8H2,1-2H3,(H,17,18). The van der Waals surface area contributed by atoms with Gasteiger partial charge in [0.05, 0.1) is 6.20 Å². The van der Waals surface area contributed by atoms with Crippen molar-refractivity contribution in [3.05, 3.63) is 17.8 Å². The van der Waals surface area contributed by atoms with Crippen LogP contribution in [0.2, 0.25) is 0 Å². The van der Waals surface area contributed by atoms with Crippen LogP contribution < -0.4 is 4.90 Å². The summed E-state index contributed by atoms with van der Waals surface area (Å²) in [4.78, 5) is 15.3. The highest BCUT2D eigenvalue weighted by Gasteiger charge is 2.23. The molecule has 1 aromatic rings. The fourth-order valence-corrected chi connectivity index (χ4v) is 2.42. The van der Waals surface area contributed by atoms with E-state index in [1.807, 2.05) is 11.9 Å². The van der Waals surface area contributed by atoms with Crippen molar-refractivity contribution in [1.29, 1.82) is 0 Å². The molecule has 0 spiro atoms. The molecular formula is C12H18N4O2. The highest BCUT2D eigenvalue weighted by Crippen LogP contribution is 2.20. The number of carbonyl (C=O) groups is 1. The molecule has 6 heteroatoms. The number of hydrogen-bond acceptors (Lipinski definition) is 5. The molecule has 6 nitrogen and oxygen atoms in total. The minimum Gasteiger partial charge on any atom is -0.478 e. The molecule has 1 fully saturated rings. The maximum atomic E-state index is 11.1. The second-order valence-electron chi connectivity index (χ2n) is 4.87. The Bertz CT molecular complexity index is 438. The fraction of sp³-hybridized carbons (Fsp3) is 0.583. The monoisotopic (exact) mass is 250 g/mol. The van der Waals surface area contributed by atoms with E-state index in [2.05, 4.69) is 22.1 Å². The van der Waals surface area contributed by atoms with Gasteiger partial charge in [0.1, 0.15) is 5.56 Å². The first-order valence-electron chi connectivity index (χ1n) is 6.02. The molecule has 0 aliphatic carbocycles. The lowest BCUT2D eigenvalue weighted by Gasteiger charge is -2.22. The van der Waals surface area contributed by atoms with Gasteiger partial charge in [-0.15, -0.1) is 5.10 Å². The molecule has 1 saturated heterocycles. The molecule has 0 radical (unpaired) electrons. The van der Waals surface area contributed by atoms with E-state index in [1.54, 1.807) is 0 Å². The van der Waals surface area contributed by atoms with Gasteiger partial charge in [0.15, 0.2) is 5.82 Å². The third-order valence-corrected chi connectivity index (χ3v) is 3.31. The molecule has 1 aliphatic rings. The maximum absolute atomic E-state index is 11.1. The molecule has 1 atom stereocenters. The summed E-state index contributed by atoms with van der Waals surface area (Å²) in [6, 6.07) is 1.49. The maximum Gasteiger partial charge on any atom is 0.339 e. The lowest BCUT2D eigenvalue weighted by molar-refractivity contribution is 0.0697. The smallest absolute Gasteiger partial charge is 0.339 e. The van der Waals surface area contributed by atoms with E-state index >= 15 is 0 Å². The van der Waals surface area contributed by atoms with E-state index in [1.165, 1.54) is 12.3 Å². The van der Waals surface area contributed by atoms with E-state index < -0.39 is 5.97 Å². The summed E-state index contributed by atoms with van der Waals surface area (Å²) in [6.07, 6.45) is 2.55. The minimum absolute atomic E-state index is 0.207. The van der Waals surface area contributed by atoms with E-state index in [0.29, 0.717) is 11.7 Å². The molecule has 0 amide bonds. The summed E-state index contributed by atoms with van der Waals surface area (Å²) >= 11 is 0. The van der Waals surface area contributed by atoms with Gasteiger partial charge >= 0.3 is 5.97 Å². The zero-order valence-electron chi connectivity index (χ0n) is 10.7. The number of anilines is 1. The molecule has 18 heavy (non-hydrogen) atoms. The van der Waals surface area contributed by atoms with Gasteiger partial charge < -0.3 is 14.9 Å². The van der Waals surface area contributed by atoms with Gasteiger partial charge in [0, 0.05) is 20.1 Å². The molecule has 1 N–H and O–H groups in total. The molecule has 1 unspecified atom stereocenters. The van der Waals surface area contributed by atoms with E-state index in [4.69, 9.17) is 5.11 Å². The highest BCUT2D eigenvalue weighted by molar-refractivity contribution is 5.93. The number of nitrogens with zero attached hydrogens (tertiary/aromatic N) is 4. The van der Waals surface area contributed by atoms with Crippen LogP contribution in [0.3, 0.4) is 0 Å². The Morgan fingerprint density at radius 1 is 1.67 bits per heavy atom. The zero-order chi connectivity index (χ0) is 13.1. The average molecular weight is 250 g/mol. The number of carboxylic acid groups (broad SMARTS) is 1. The van der Waals surface area contributed by atoms with Crippen molar-refractivity contribution in [2.45, 2.75) is 6.42 Å². The summed E-state index contributed by atoms with van der Waals surface area (Å²) in [7, 11) is 3.97. The van der Waals surface area contributed by atoms with Crippen LogP contribution >= 0.6 is 0 Å². The Morgan fingerprint density at radius 2 is 2.44 bits per heavy atom. The predicted octanol–water partition coefficient (Wildman–Crippen LogP) is 0.563. The number of hydrogen-bond donors (Lipinski definition) is 1. The van der Waals surface area contributed by atoms with Crippen molar-refractivity contribution >= 4 is 11.8 Å². The normalized spacial score (nSPS) is 20.0. The van der Waals surface area contributed by atoms with Gasteiger partial charge in [-0.1, -0.05) is 0 Å². The minimum atomic E-state index is -0.963. The third-order valence-electron chi connectivity index (χ3n) is 3.31. The van der Waals surface area contributed by atoms with Crippen molar-refractivity contribution in [3.8, 4) is 0 Å². The lowest BCUT2D eigenvalue weighted by Crippen LogP contribution is -2.29. The van der Waals surface area contributed by atoms with E-state index in [-0.39, 0.29) is 5.56 Å². The molecule has 0 bridgehead atoms. The highest BCUT2D eigenvalue weighted by atomic mass is 16.4. The van der Waals surface area contributed by atoms with Crippen molar-refractivity contribution in [2.75, 3.05) is 38.6 Å². The van der Waals surface area contributed by atoms with Crippen molar-refractivity contribution < 1.29 is 9.90 Å². The predicted molar refractivity (Wildman–Crippen MR) is 67.9 cm³/mol. The van der Waals surface area contributed by atoms with Gasteiger partial charge in [-0.3, -0.25) is 0 Å². The van der Waals surface area contributed by atoms with Crippen LogP contribution in [0.5, 0.6) is 0 Å². The molecule has 1 aliphatic heterocycles. The second-order valence-corrected chi connectivity index (χ2v) is 4.87. The molecule has 2 rings (SSSR count). The summed E-state index contributed by atoms with van der Waals surface area (Å²) in [6.45, 7) is 2.96. The Labute approximate surface area is 106 Å². The fourth-order valence-electron chi connectivity index (χ4n) is 2.42. The molecule has 0 saturated carbocycles. The Morgan fingerprint density at radius 3 is 3.06 bits per heavy atom. The number of carboxylic acids is 1. The van der Waals surface area contributed by atoms with Crippen LogP contribution in [0.15, 0.2) is 12.3 Å². The van der Waals surface area contributed by atoms with Crippen LogP contribution in [0.25, 0.3) is 0 Å². The summed E-state index contributed by atoms with van der Waals surface area (Å²) < 4.78 is 0. The van der Waals surface area contributed by atoms with Gasteiger partial charge in [-0.05, 0) is 32.0 Å². The van der Waals surface area contributed by atoms with Gasteiger partial charge in [0.25, 0.3) is 0 Å². The van der Waals surface area contributed by atoms with Crippen molar-refractivity contribution in [1.82, 2.24) is 15.1 Å². The Kier molecular flexibility index (Phi) is 3.76. The first-order chi connectivity index (χ1) is 8.58. The SMILES string of the molecule is CN1CCC(CN(C)c2nnccc2C(=O)O)C1. The van der Waals surface area contributed by atoms with Crippen LogP contribution in [0.1, 0.15) is 16.8 Å². The molecule has 0 aromatic carbocycles. The molecule has 2 heterocycles. The Hall–Kier alpha value is -1.69. The van der Waals surface area contributed by atoms with Crippen LogP contribution in [-0.4, -0.2) is 59.9 Å². The number of aromatic nitrogens is 2. The van der Waals surface area contributed by atoms with E-state index in [9.17, 15) is 4.79 Å². The van der Waals surface area contributed by atoms with Gasteiger partial charge in [0.2, 0.25) is 0 Å². The van der Waals surface area contributed by atoms with Crippen LogP contribution in [0.4, 0.5) is 5.82 Å². The lowest BCUT2D eigenvalue weighted by atomic mass is 10.1. The molecule has 98 valence electrons. The van der Waals surface area contributed by atoms with Crippen LogP contribution in [0, 0.1) is 5.92 Å². The second kappa shape index (κ2) is 5.30. The summed E-state index contributed by atoms with van der Waals surface area (Å²) in [5, 5.41) is 16.8. The molecular weight excluding hydrogens is 232 g/mol. The van der Waals surface area contributed by atoms with Gasteiger partial charge in [-0.2, -0.15) is 5.10 Å². The van der Waals surface area contributed by atoms with Crippen molar-refractivity contribution in [2.24, 2.45) is 5.92 Å². The van der Waals surface area contributed by atoms with Gasteiger partial charge in [-0.25, -0.2) is 4.79 Å². The average Bonchev–Trinajstić information content (AvgIpc) is 2.74. The Balaban J connectivity index is 2.09. The molecule has 1 aromatic heterocycles. The first kappa shape index (κ1) is 12.8. The quantitative estimate of drug-likeness (QED) is 0.842. The number of likely N-dealkylation sites (tertiary alicyclic amines) is 1. The van der Waals surface area contributed by atoms with Crippen LogP contribution in [-0.2, 0) is 0 Å². The zero-order valence-corrected chi connectivity index (χ0v) is 10.7. The van der Waals surface area contributed by atoms with Crippen molar-refractivity contribution in [3.63, 3.8) is 0 Å². The number of rotatable bonds is 4.